The molecule has 1 aliphatic heterocycles. The minimum absolute atomic E-state index is 0.105. The summed E-state index contributed by atoms with van der Waals surface area (Å²) in [5.74, 6) is -0.575. The predicted octanol–water partition coefficient (Wildman–Crippen LogP) is 3.85. The summed E-state index contributed by atoms with van der Waals surface area (Å²) < 4.78 is 37.6. The van der Waals surface area contributed by atoms with Gasteiger partial charge in [0.2, 0.25) is 17.6 Å². The van der Waals surface area contributed by atoms with Gasteiger partial charge in [-0.1, -0.05) is 5.16 Å². The highest BCUT2D eigenvalue weighted by Gasteiger charge is 2.35. The van der Waals surface area contributed by atoms with Crippen molar-refractivity contribution in [3.8, 4) is 17.1 Å². The van der Waals surface area contributed by atoms with Gasteiger partial charge in [-0.25, -0.2) is 8.78 Å². The van der Waals surface area contributed by atoms with Crippen molar-refractivity contribution >= 4 is 11.6 Å². The van der Waals surface area contributed by atoms with Gasteiger partial charge in [-0.2, -0.15) is 4.98 Å². The van der Waals surface area contributed by atoms with Crippen molar-refractivity contribution in [3.63, 3.8) is 0 Å². The zero-order valence-electron chi connectivity index (χ0n) is 15.3. The maximum atomic E-state index is 13.9. The van der Waals surface area contributed by atoms with Crippen LogP contribution >= 0.6 is 0 Å². The quantitative estimate of drug-likeness (QED) is 0.682. The molecule has 2 heterocycles. The molecule has 1 atom stereocenters. The number of carbonyl (C=O) groups is 1. The van der Waals surface area contributed by atoms with Crippen molar-refractivity contribution in [1.29, 1.82) is 0 Å². The second-order valence-electron chi connectivity index (χ2n) is 6.64. The molecule has 0 N–H and O–H groups in total. The minimum atomic E-state index is -0.528. The molecule has 1 unspecified atom stereocenters. The van der Waals surface area contributed by atoms with E-state index >= 15 is 0 Å². The molecule has 2 aromatic carbocycles. The topological polar surface area (TPSA) is 68.5 Å². The van der Waals surface area contributed by atoms with Crippen LogP contribution in [0.15, 0.2) is 40.9 Å². The summed E-state index contributed by atoms with van der Waals surface area (Å²) in [6.07, 6.45) is 0.203. The van der Waals surface area contributed by atoms with Crippen LogP contribution in [0.4, 0.5) is 14.5 Å². The fraction of sp³-hybridized carbons (Fsp3) is 0.250. The molecule has 28 heavy (non-hydrogen) atoms. The van der Waals surface area contributed by atoms with Crippen molar-refractivity contribution in [3.05, 3.63) is 59.5 Å². The number of hydrogen-bond acceptors (Lipinski definition) is 5. The van der Waals surface area contributed by atoms with E-state index in [9.17, 15) is 13.6 Å². The molecule has 1 aromatic heterocycles. The van der Waals surface area contributed by atoms with E-state index in [2.05, 4.69) is 10.1 Å². The third-order valence-corrected chi connectivity index (χ3v) is 4.78. The Labute approximate surface area is 159 Å². The molecule has 0 radical (unpaired) electrons. The van der Waals surface area contributed by atoms with Crippen LogP contribution in [0.1, 0.15) is 23.8 Å². The highest BCUT2D eigenvalue weighted by molar-refractivity contribution is 5.96. The first-order chi connectivity index (χ1) is 13.5. The van der Waals surface area contributed by atoms with Gasteiger partial charge in [-0.3, -0.25) is 4.79 Å². The fourth-order valence-electron chi connectivity index (χ4n) is 3.24. The van der Waals surface area contributed by atoms with Crippen LogP contribution in [-0.2, 0) is 4.79 Å². The van der Waals surface area contributed by atoms with Gasteiger partial charge in [0.15, 0.2) is 11.6 Å². The number of aryl methyl sites for hydroxylation is 1. The molecule has 6 nitrogen and oxygen atoms in total. The van der Waals surface area contributed by atoms with Crippen molar-refractivity contribution in [2.24, 2.45) is 0 Å². The molecular formula is C20H17F2N3O3. The lowest BCUT2D eigenvalue weighted by Crippen LogP contribution is -2.24. The summed E-state index contributed by atoms with van der Waals surface area (Å²) in [6, 6.07) is 8.93. The highest BCUT2D eigenvalue weighted by Crippen LogP contribution is 2.33. The number of halogens is 2. The van der Waals surface area contributed by atoms with Crippen molar-refractivity contribution < 1.29 is 22.8 Å². The fourth-order valence-corrected chi connectivity index (χ4v) is 3.24. The van der Waals surface area contributed by atoms with E-state index in [1.807, 2.05) is 0 Å². The number of ether oxygens (including phenoxy) is 1. The van der Waals surface area contributed by atoms with E-state index < -0.39 is 5.82 Å². The van der Waals surface area contributed by atoms with Gasteiger partial charge in [0.05, 0.1) is 13.0 Å². The molecule has 0 saturated carbocycles. The molecule has 0 bridgehead atoms. The number of anilines is 1. The van der Waals surface area contributed by atoms with Crippen LogP contribution in [0.25, 0.3) is 11.4 Å². The first-order valence-electron chi connectivity index (χ1n) is 8.70. The van der Waals surface area contributed by atoms with E-state index in [-0.39, 0.29) is 35.6 Å². The summed E-state index contributed by atoms with van der Waals surface area (Å²) in [7, 11) is 1.38. The number of amides is 1. The van der Waals surface area contributed by atoms with Gasteiger partial charge in [-0.05, 0) is 48.9 Å². The summed E-state index contributed by atoms with van der Waals surface area (Å²) in [5.41, 5.74) is 1.54. The van der Waals surface area contributed by atoms with Crippen LogP contribution in [0.5, 0.6) is 5.75 Å². The van der Waals surface area contributed by atoms with Crippen LogP contribution in [0.2, 0.25) is 0 Å². The number of carbonyl (C=O) groups excluding carboxylic acids is 1. The Hall–Kier alpha value is -3.29. The van der Waals surface area contributed by atoms with Gasteiger partial charge in [0.25, 0.3) is 0 Å². The van der Waals surface area contributed by atoms with Crippen LogP contribution in [-0.4, -0.2) is 29.7 Å². The predicted molar refractivity (Wildman–Crippen MR) is 97.1 cm³/mol. The van der Waals surface area contributed by atoms with Gasteiger partial charge >= 0.3 is 0 Å². The van der Waals surface area contributed by atoms with E-state index in [0.717, 1.165) is 0 Å². The summed E-state index contributed by atoms with van der Waals surface area (Å²) in [6.45, 7) is 2.00. The second-order valence-corrected chi connectivity index (χ2v) is 6.64. The third-order valence-electron chi connectivity index (χ3n) is 4.78. The summed E-state index contributed by atoms with van der Waals surface area (Å²) in [5, 5.41) is 3.90. The maximum absolute atomic E-state index is 13.9. The number of aromatic nitrogens is 2. The van der Waals surface area contributed by atoms with Gasteiger partial charge in [-0.15, -0.1) is 0 Å². The Kier molecular flexibility index (Phi) is 4.54. The van der Waals surface area contributed by atoms with Gasteiger partial charge in [0.1, 0.15) is 5.82 Å². The number of benzene rings is 2. The molecule has 0 aliphatic carbocycles. The SMILES string of the molecule is COc1ccc(-c2noc(C3CC(=O)N(c4ccc(F)c(C)c4)C3)n2)cc1F. The normalized spacial score (nSPS) is 16.6. The van der Waals surface area contributed by atoms with E-state index in [1.54, 1.807) is 30.0 Å². The molecule has 1 saturated heterocycles. The smallest absolute Gasteiger partial charge is 0.232 e. The van der Waals surface area contributed by atoms with Crippen LogP contribution in [0, 0.1) is 18.6 Å². The first kappa shape index (κ1) is 18.1. The molecule has 1 aliphatic rings. The molecular weight excluding hydrogens is 368 g/mol. The number of hydrogen-bond donors (Lipinski definition) is 0. The standard InChI is InChI=1S/C20H17F2N3O3/c1-11-7-14(4-5-15(11)21)25-10-13(9-18(25)26)20-23-19(24-28-20)12-3-6-17(27-2)16(22)8-12/h3-8,13H,9-10H2,1-2H3. The van der Waals surface area contributed by atoms with Crippen molar-refractivity contribution in [2.45, 2.75) is 19.3 Å². The monoisotopic (exact) mass is 385 g/mol. The lowest BCUT2D eigenvalue weighted by molar-refractivity contribution is -0.117. The summed E-state index contributed by atoms with van der Waals surface area (Å²) in [4.78, 5) is 18.3. The molecule has 1 amide bonds. The summed E-state index contributed by atoms with van der Waals surface area (Å²) >= 11 is 0. The lowest BCUT2D eigenvalue weighted by atomic mass is 10.1. The second kappa shape index (κ2) is 7.03. The number of nitrogens with zero attached hydrogens (tertiary/aromatic N) is 3. The molecule has 0 spiro atoms. The Morgan fingerprint density at radius 1 is 1.18 bits per heavy atom. The molecule has 4 rings (SSSR count). The van der Waals surface area contributed by atoms with Crippen LogP contribution in [0.3, 0.4) is 0 Å². The number of methoxy groups -OCH3 is 1. The Balaban J connectivity index is 1.55. The zero-order chi connectivity index (χ0) is 19.8. The van der Waals surface area contributed by atoms with Crippen molar-refractivity contribution in [1.82, 2.24) is 10.1 Å². The van der Waals surface area contributed by atoms with Gasteiger partial charge < -0.3 is 14.2 Å². The largest absolute Gasteiger partial charge is 0.494 e. The first-order valence-corrected chi connectivity index (χ1v) is 8.70. The number of rotatable bonds is 4. The van der Waals surface area contributed by atoms with E-state index in [4.69, 9.17) is 9.26 Å². The Bertz CT molecular complexity index is 1050. The molecule has 3 aromatic rings. The third kappa shape index (κ3) is 3.21. The van der Waals surface area contributed by atoms with Crippen LogP contribution < -0.4 is 9.64 Å². The average molecular weight is 385 g/mol. The van der Waals surface area contributed by atoms with Crippen molar-refractivity contribution in [2.75, 3.05) is 18.6 Å². The Morgan fingerprint density at radius 3 is 2.71 bits per heavy atom. The maximum Gasteiger partial charge on any atom is 0.232 e. The minimum Gasteiger partial charge on any atom is -0.494 e. The Morgan fingerprint density at radius 2 is 2.00 bits per heavy atom. The van der Waals surface area contributed by atoms with E-state index in [1.165, 1.54) is 25.3 Å². The molecule has 1 fully saturated rings. The molecule has 144 valence electrons. The van der Waals surface area contributed by atoms with E-state index in [0.29, 0.717) is 29.2 Å². The molecule has 8 heteroatoms. The van der Waals surface area contributed by atoms with Gasteiger partial charge in [0, 0.05) is 24.2 Å². The lowest BCUT2D eigenvalue weighted by Gasteiger charge is -2.16. The zero-order valence-corrected chi connectivity index (χ0v) is 15.3. The average Bonchev–Trinajstić information content (AvgIpc) is 3.31. The highest BCUT2D eigenvalue weighted by atomic mass is 19.1.